The molecule has 2 unspecified atom stereocenters. The van der Waals surface area contributed by atoms with Crippen LogP contribution >= 0.6 is 0 Å². The van der Waals surface area contributed by atoms with E-state index in [2.05, 4.69) is 36.5 Å². The van der Waals surface area contributed by atoms with E-state index >= 15 is 0 Å². The summed E-state index contributed by atoms with van der Waals surface area (Å²) in [6, 6.07) is 14.4. The van der Waals surface area contributed by atoms with Crippen molar-refractivity contribution >= 4 is 0 Å². The normalized spacial score (nSPS) is 18.2. The molecule has 2 aromatic rings. The molecule has 0 saturated carbocycles. The third-order valence-electron chi connectivity index (χ3n) is 4.28. The third kappa shape index (κ3) is 2.25. The Morgan fingerprint density at radius 1 is 1.25 bits per heavy atom. The van der Waals surface area contributed by atoms with Gasteiger partial charge in [-0.15, -0.1) is 0 Å². The van der Waals surface area contributed by atoms with Gasteiger partial charge in [0.2, 0.25) is 0 Å². The SMILES string of the molecule is CCNC(c1ccc(C)c(F)c1)C1Cc2ccccc21. The zero-order valence-electron chi connectivity index (χ0n) is 12.0. The number of likely N-dealkylation sites (N-methyl/N-ethyl adjacent to an activating group) is 1. The maximum Gasteiger partial charge on any atom is 0.126 e. The molecule has 0 bridgehead atoms. The van der Waals surface area contributed by atoms with Crippen LogP contribution in [-0.2, 0) is 6.42 Å². The number of rotatable bonds is 4. The minimum atomic E-state index is -0.113. The van der Waals surface area contributed by atoms with E-state index in [1.807, 2.05) is 12.1 Å². The van der Waals surface area contributed by atoms with Crippen molar-refractivity contribution in [1.29, 1.82) is 0 Å². The van der Waals surface area contributed by atoms with Crippen LogP contribution in [0.15, 0.2) is 42.5 Å². The quantitative estimate of drug-likeness (QED) is 0.880. The van der Waals surface area contributed by atoms with E-state index in [0.717, 1.165) is 18.5 Å². The predicted octanol–water partition coefficient (Wildman–Crippen LogP) is 4.12. The van der Waals surface area contributed by atoms with Crippen molar-refractivity contribution in [1.82, 2.24) is 5.32 Å². The molecule has 104 valence electrons. The molecule has 0 aliphatic heterocycles. The minimum absolute atomic E-state index is 0.113. The average Bonchev–Trinajstić information content (AvgIpc) is 2.42. The van der Waals surface area contributed by atoms with E-state index in [1.54, 1.807) is 13.0 Å². The number of fused-ring (bicyclic) bond motifs is 1. The second-order valence-corrected chi connectivity index (χ2v) is 5.55. The third-order valence-corrected chi connectivity index (χ3v) is 4.28. The van der Waals surface area contributed by atoms with E-state index in [4.69, 9.17) is 0 Å². The van der Waals surface area contributed by atoms with Gasteiger partial charge in [-0.2, -0.15) is 0 Å². The maximum absolute atomic E-state index is 13.8. The number of nitrogens with one attached hydrogen (secondary N) is 1. The van der Waals surface area contributed by atoms with Crippen LogP contribution in [0.4, 0.5) is 4.39 Å². The lowest BCUT2D eigenvalue weighted by Gasteiger charge is -2.37. The first kappa shape index (κ1) is 13.3. The summed E-state index contributed by atoms with van der Waals surface area (Å²) in [5, 5.41) is 3.52. The van der Waals surface area contributed by atoms with Gasteiger partial charge in [0.25, 0.3) is 0 Å². The molecular formula is C18H20FN. The van der Waals surface area contributed by atoms with Crippen LogP contribution in [0.2, 0.25) is 0 Å². The van der Waals surface area contributed by atoms with Crippen LogP contribution in [0.1, 0.15) is 41.1 Å². The van der Waals surface area contributed by atoms with Gasteiger partial charge >= 0.3 is 0 Å². The Hall–Kier alpha value is -1.67. The molecule has 1 nitrogen and oxygen atoms in total. The summed E-state index contributed by atoms with van der Waals surface area (Å²) in [5.41, 5.74) is 4.58. The summed E-state index contributed by atoms with van der Waals surface area (Å²) in [7, 11) is 0. The highest BCUT2D eigenvalue weighted by atomic mass is 19.1. The van der Waals surface area contributed by atoms with Crippen molar-refractivity contribution < 1.29 is 4.39 Å². The van der Waals surface area contributed by atoms with Crippen LogP contribution in [0, 0.1) is 12.7 Å². The van der Waals surface area contributed by atoms with E-state index in [0.29, 0.717) is 11.5 Å². The Bertz CT molecular complexity index is 621. The largest absolute Gasteiger partial charge is 0.310 e. The van der Waals surface area contributed by atoms with Crippen LogP contribution in [0.25, 0.3) is 0 Å². The Labute approximate surface area is 119 Å². The predicted molar refractivity (Wildman–Crippen MR) is 80.4 cm³/mol. The highest BCUT2D eigenvalue weighted by Crippen LogP contribution is 2.43. The fraction of sp³-hybridized carbons (Fsp3) is 0.333. The summed E-state index contributed by atoms with van der Waals surface area (Å²) in [6.45, 7) is 4.79. The first-order valence-electron chi connectivity index (χ1n) is 7.28. The molecule has 1 aliphatic carbocycles. The molecule has 0 heterocycles. The van der Waals surface area contributed by atoms with Gasteiger partial charge in [0.15, 0.2) is 0 Å². The molecule has 0 saturated heterocycles. The topological polar surface area (TPSA) is 12.0 Å². The molecular weight excluding hydrogens is 249 g/mol. The second-order valence-electron chi connectivity index (χ2n) is 5.55. The van der Waals surface area contributed by atoms with Gasteiger partial charge in [-0.25, -0.2) is 4.39 Å². The van der Waals surface area contributed by atoms with Gasteiger partial charge in [0, 0.05) is 12.0 Å². The molecule has 3 rings (SSSR count). The maximum atomic E-state index is 13.8. The average molecular weight is 269 g/mol. The van der Waals surface area contributed by atoms with Gasteiger partial charge < -0.3 is 5.32 Å². The molecule has 1 N–H and O–H groups in total. The van der Waals surface area contributed by atoms with Crippen molar-refractivity contribution in [2.24, 2.45) is 0 Å². The Balaban J connectivity index is 1.92. The highest BCUT2D eigenvalue weighted by Gasteiger charge is 2.33. The number of aryl methyl sites for hydroxylation is 1. The summed E-state index contributed by atoms with van der Waals surface area (Å²) in [6.07, 6.45) is 1.07. The molecule has 2 aromatic carbocycles. The van der Waals surface area contributed by atoms with Crippen molar-refractivity contribution in [3.63, 3.8) is 0 Å². The zero-order chi connectivity index (χ0) is 14.1. The molecule has 0 radical (unpaired) electrons. The van der Waals surface area contributed by atoms with E-state index in [9.17, 15) is 4.39 Å². The van der Waals surface area contributed by atoms with Gasteiger partial charge in [-0.1, -0.05) is 43.3 Å². The van der Waals surface area contributed by atoms with Crippen molar-refractivity contribution in [3.8, 4) is 0 Å². The Morgan fingerprint density at radius 3 is 2.75 bits per heavy atom. The molecule has 2 atom stereocenters. The van der Waals surface area contributed by atoms with Crippen LogP contribution in [0.5, 0.6) is 0 Å². The molecule has 0 spiro atoms. The van der Waals surface area contributed by atoms with Crippen molar-refractivity contribution in [2.75, 3.05) is 6.54 Å². The van der Waals surface area contributed by atoms with Crippen molar-refractivity contribution in [2.45, 2.75) is 32.2 Å². The number of benzene rings is 2. The molecule has 20 heavy (non-hydrogen) atoms. The lowest BCUT2D eigenvalue weighted by atomic mass is 9.71. The van der Waals surface area contributed by atoms with Gasteiger partial charge in [0.05, 0.1) is 0 Å². The first-order valence-corrected chi connectivity index (χ1v) is 7.28. The van der Waals surface area contributed by atoms with E-state index < -0.39 is 0 Å². The summed E-state index contributed by atoms with van der Waals surface area (Å²) in [5.74, 6) is 0.339. The lowest BCUT2D eigenvalue weighted by Crippen LogP contribution is -2.33. The second kappa shape index (κ2) is 5.37. The summed E-state index contributed by atoms with van der Waals surface area (Å²) >= 11 is 0. The van der Waals surface area contributed by atoms with E-state index in [-0.39, 0.29) is 11.9 Å². The van der Waals surface area contributed by atoms with Gasteiger partial charge in [-0.3, -0.25) is 0 Å². The number of halogens is 1. The fourth-order valence-electron chi connectivity index (χ4n) is 3.11. The summed E-state index contributed by atoms with van der Waals surface area (Å²) in [4.78, 5) is 0. The molecule has 0 amide bonds. The van der Waals surface area contributed by atoms with Crippen LogP contribution < -0.4 is 5.32 Å². The molecule has 0 aromatic heterocycles. The minimum Gasteiger partial charge on any atom is -0.310 e. The van der Waals surface area contributed by atoms with Crippen LogP contribution in [-0.4, -0.2) is 6.54 Å². The fourth-order valence-corrected chi connectivity index (χ4v) is 3.11. The zero-order valence-corrected chi connectivity index (χ0v) is 12.0. The molecule has 0 fully saturated rings. The van der Waals surface area contributed by atoms with E-state index in [1.165, 1.54) is 11.1 Å². The lowest BCUT2D eigenvalue weighted by molar-refractivity contribution is 0.418. The molecule has 1 aliphatic rings. The standard InChI is InChI=1S/C18H20FN/c1-3-20-18(14-9-8-12(2)17(19)11-14)16-10-13-6-4-5-7-15(13)16/h4-9,11,16,18,20H,3,10H2,1-2H3. The smallest absolute Gasteiger partial charge is 0.126 e. The summed E-state index contributed by atoms with van der Waals surface area (Å²) < 4.78 is 13.8. The monoisotopic (exact) mass is 269 g/mol. The Morgan fingerprint density at radius 2 is 2.05 bits per heavy atom. The van der Waals surface area contributed by atoms with Crippen LogP contribution in [0.3, 0.4) is 0 Å². The van der Waals surface area contributed by atoms with Gasteiger partial charge in [-0.05, 0) is 48.2 Å². The highest BCUT2D eigenvalue weighted by molar-refractivity contribution is 5.43. The van der Waals surface area contributed by atoms with Crippen molar-refractivity contribution in [3.05, 3.63) is 70.5 Å². The number of hydrogen-bond acceptors (Lipinski definition) is 1. The molecule has 2 heteroatoms. The Kier molecular flexibility index (Phi) is 3.58. The first-order chi connectivity index (χ1) is 9.70. The van der Waals surface area contributed by atoms with Gasteiger partial charge in [0.1, 0.15) is 5.82 Å². The number of hydrogen-bond donors (Lipinski definition) is 1.